The maximum atomic E-state index is 9.48. The second kappa shape index (κ2) is 11.7. The number of nitriles is 1. The van der Waals surface area contributed by atoms with E-state index in [4.69, 9.17) is 5.73 Å². The summed E-state index contributed by atoms with van der Waals surface area (Å²) in [6, 6.07) is 56.3. The summed E-state index contributed by atoms with van der Waals surface area (Å²) in [5.41, 5.74) is 16.5. The molecular formula is C37H28BN3. The van der Waals surface area contributed by atoms with E-state index >= 15 is 0 Å². The quantitative estimate of drug-likeness (QED) is 0.184. The van der Waals surface area contributed by atoms with E-state index < -0.39 is 0 Å². The molecule has 0 aliphatic carbocycles. The Morgan fingerprint density at radius 3 is 1.68 bits per heavy atom. The Balaban J connectivity index is 1.33. The zero-order valence-corrected chi connectivity index (χ0v) is 22.6. The first-order valence-electron chi connectivity index (χ1n) is 13.7. The molecule has 4 heteroatoms. The smallest absolute Gasteiger partial charge is 0.241 e. The van der Waals surface area contributed by atoms with Gasteiger partial charge in [-0.15, -0.1) is 0 Å². The first kappa shape index (κ1) is 25.7. The van der Waals surface area contributed by atoms with Crippen molar-refractivity contribution in [2.45, 2.75) is 0 Å². The van der Waals surface area contributed by atoms with E-state index in [1.54, 1.807) is 0 Å². The number of nitrogens with zero attached hydrogens (tertiary/aromatic N) is 2. The van der Waals surface area contributed by atoms with Gasteiger partial charge < -0.3 is 10.6 Å². The molecule has 0 bridgehead atoms. The Hall–Kier alpha value is -5.53. The molecule has 0 heterocycles. The number of anilines is 4. The summed E-state index contributed by atoms with van der Waals surface area (Å²) in [4.78, 5) is 2.21. The highest BCUT2D eigenvalue weighted by atomic mass is 15.1. The van der Waals surface area contributed by atoms with Crippen LogP contribution in [0.25, 0.3) is 11.1 Å². The zero-order chi connectivity index (χ0) is 28.0. The highest BCUT2D eigenvalue weighted by molar-refractivity contribution is 6.95. The topological polar surface area (TPSA) is 53.0 Å². The van der Waals surface area contributed by atoms with Crippen LogP contribution < -0.4 is 27.0 Å². The number of nitrogens with two attached hydrogens (primary N) is 1. The first-order chi connectivity index (χ1) is 20.2. The minimum atomic E-state index is 0.0404. The van der Waals surface area contributed by atoms with E-state index in [2.05, 4.69) is 108 Å². The molecule has 6 aromatic rings. The summed E-state index contributed by atoms with van der Waals surface area (Å²) in [6.07, 6.45) is 0. The number of hydrogen-bond donors (Lipinski definition) is 1. The maximum absolute atomic E-state index is 9.48. The van der Waals surface area contributed by atoms with E-state index in [-0.39, 0.29) is 6.71 Å². The van der Waals surface area contributed by atoms with Crippen molar-refractivity contribution in [3.05, 3.63) is 163 Å². The fourth-order valence-electron chi connectivity index (χ4n) is 5.37. The lowest BCUT2D eigenvalue weighted by atomic mass is 9.37. The lowest BCUT2D eigenvalue weighted by molar-refractivity contribution is 1.28. The van der Waals surface area contributed by atoms with E-state index in [9.17, 15) is 5.26 Å². The zero-order valence-electron chi connectivity index (χ0n) is 22.6. The summed E-state index contributed by atoms with van der Waals surface area (Å²) >= 11 is 0. The molecule has 0 unspecified atom stereocenters. The maximum Gasteiger partial charge on any atom is 0.241 e. The van der Waals surface area contributed by atoms with Gasteiger partial charge in [0.25, 0.3) is 0 Å². The van der Waals surface area contributed by atoms with E-state index in [0.29, 0.717) is 5.56 Å². The second-order valence-corrected chi connectivity index (χ2v) is 10.0. The van der Waals surface area contributed by atoms with Crippen LogP contribution in [-0.2, 0) is 0 Å². The number of rotatable bonds is 7. The van der Waals surface area contributed by atoms with Gasteiger partial charge >= 0.3 is 0 Å². The van der Waals surface area contributed by atoms with Crippen LogP contribution >= 0.6 is 0 Å². The van der Waals surface area contributed by atoms with Gasteiger partial charge in [0.2, 0.25) is 6.71 Å². The summed E-state index contributed by atoms with van der Waals surface area (Å²) in [7, 11) is 0. The highest BCUT2D eigenvalue weighted by Gasteiger charge is 2.22. The van der Waals surface area contributed by atoms with Gasteiger partial charge in [0, 0.05) is 22.7 Å². The molecule has 0 saturated heterocycles. The lowest BCUT2D eigenvalue weighted by Gasteiger charge is -2.26. The van der Waals surface area contributed by atoms with E-state index in [1.165, 1.54) is 10.9 Å². The van der Waals surface area contributed by atoms with Crippen molar-refractivity contribution in [3.63, 3.8) is 0 Å². The third kappa shape index (κ3) is 5.61. The average Bonchev–Trinajstić information content (AvgIpc) is 3.03. The summed E-state index contributed by atoms with van der Waals surface area (Å²) in [6.45, 7) is 0.0404. The van der Waals surface area contributed by atoms with Gasteiger partial charge in [0.1, 0.15) is 0 Å². The van der Waals surface area contributed by atoms with E-state index in [0.717, 1.165) is 39.3 Å². The van der Waals surface area contributed by atoms with Crippen molar-refractivity contribution in [1.29, 1.82) is 5.26 Å². The molecule has 2 N–H and O–H groups in total. The van der Waals surface area contributed by atoms with Crippen LogP contribution in [-0.4, -0.2) is 6.71 Å². The molecule has 0 amide bonds. The summed E-state index contributed by atoms with van der Waals surface area (Å²) in [5.74, 6) is 0. The van der Waals surface area contributed by atoms with Gasteiger partial charge in [0.15, 0.2) is 0 Å². The molecular weight excluding hydrogens is 497 g/mol. The molecule has 0 aliphatic heterocycles. The summed E-state index contributed by atoms with van der Waals surface area (Å²) < 4.78 is 0. The number of benzene rings is 6. The van der Waals surface area contributed by atoms with Gasteiger partial charge in [0.05, 0.1) is 11.6 Å². The molecule has 0 radical (unpaired) electrons. The number of para-hydroxylation sites is 1. The Morgan fingerprint density at radius 1 is 0.488 bits per heavy atom. The molecule has 0 aliphatic rings. The van der Waals surface area contributed by atoms with Crippen LogP contribution in [0.5, 0.6) is 0 Å². The predicted molar refractivity (Wildman–Crippen MR) is 173 cm³/mol. The van der Waals surface area contributed by atoms with Crippen molar-refractivity contribution >= 4 is 45.9 Å². The molecule has 41 heavy (non-hydrogen) atoms. The van der Waals surface area contributed by atoms with E-state index in [1.807, 2.05) is 60.7 Å². The van der Waals surface area contributed by atoms with Crippen molar-refractivity contribution in [2.75, 3.05) is 10.6 Å². The SMILES string of the molecule is N#Cc1cccc(B(c2ccccc2)c2ccc(-c3ccc(N(c4ccccc4)c4cccc(N)c4)cc3)cc2)c1. The summed E-state index contributed by atoms with van der Waals surface area (Å²) in [5, 5.41) is 9.48. The minimum absolute atomic E-state index is 0.0404. The average molecular weight is 525 g/mol. The number of nitrogen functional groups attached to an aromatic ring is 1. The van der Waals surface area contributed by atoms with Crippen molar-refractivity contribution in [3.8, 4) is 17.2 Å². The van der Waals surface area contributed by atoms with Gasteiger partial charge in [-0.3, -0.25) is 0 Å². The molecule has 0 spiro atoms. The Bertz CT molecular complexity index is 1790. The molecule has 6 rings (SSSR count). The lowest BCUT2D eigenvalue weighted by Crippen LogP contribution is -2.51. The van der Waals surface area contributed by atoms with Gasteiger partial charge in [-0.25, -0.2) is 0 Å². The van der Waals surface area contributed by atoms with Crippen LogP contribution in [0.4, 0.5) is 22.7 Å². The Morgan fingerprint density at radius 2 is 1.02 bits per heavy atom. The molecule has 6 aromatic carbocycles. The van der Waals surface area contributed by atoms with Crippen LogP contribution in [0.1, 0.15) is 5.56 Å². The van der Waals surface area contributed by atoms with Crippen molar-refractivity contribution in [1.82, 2.24) is 0 Å². The van der Waals surface area contributed by atoms with Crippen molar-refractivity contribution in [2.24, 2.45) is 0 Å². The molecule has 0 aromatic heterocycles. The van der Waals surface area contributed by atoms with Crippen LogP contribution in [0, 0.1) is 11.3 Å². The Labute approximate surface area is 241 Å². The molecule has 0 atom stereocenters. The monoisotopic (exact) mass is 525 g/mol. The second-order valence-electron chi connectivity index (χ2n) is 10.0. The minimum Gasteiger partial charge on any atom is -0.399 e. The van der Waals surface area contributed by atoms with Crippen LogP contribution in [0.2, 0.25) is 0 Å². The predicted octanol–water partition coefficient (Wildman–Crippen LogP) is 6.79. The standard InChI is InChI=1S/C37H28BN3/c39-27-28-9-7-12-33(25-28)38(31-10-3-1-4-11-31)32-21-17-29(18-22-32)30-19-23-36(24-20-30)41(35-14-5-2-6-15-35)37-16-8-13-34(40)26-37/h1-26H,40H2. The molecule has 3 nitrogen and oxygen atoms in total. The van der Waals surface area contributed by atoms with Gasteiger partial charge in [-0.2, -0.15) is 5.26 Å². The normalized spacial score (nSPS) is 10.5. The van der Waals surface area contributed by atoms with Crippen LogP contribution in [0.3, 0.4) is 0 Å². The first-order valence-corrected chi connectivity index (χ1v) is 13.7. The van der Waals surface area contributed by atoms with Gasteiger partial charge in [-0.05, 0) is 65.7 Å². The molecule has 0 saturated carbocycles. The fourth-order valence-corrected chi connectivity index (χ4v) is 5.37. The molecule has 0 fully saturated rings. The fraction of sp³-hybridized carbons (Fsp3) is 0. The van der Waals surface area contributed by atoms with Gasteiger partial charge in [-0.1, -0.05) is 120 Å². The highest BCUT2D eigenvalue weighted by Crippen LogP contribution is 2.36. The third-order valence-electron chi connectivity index (χ3n) is 7.33. The van der Waals surface area contributed by atoms with Crippen LogP contribution in [0.15, 0.2) is 158 Å². The third-order valence-corrected chi connectivity index (χ3v) is 7.33. The Kier molecular flexibility index (Phi) is 7.34. The molecule has 194 valence electrons. The van der Waals surface area contributed by atoms with Crippen molar-refractivity contribution < 1.29 is 0 Å². The largest absolute Gasteiger partial charge is 0.399 e. The number of hydrogen-bond acceptors (Lipinski definition) is 3.